The Morgan fingerprint density at radius 3 is 2.87 bits per heavy atom. The van der Waals surface area contributed by atoms with Crippen molar-refractivity contribution in [3.8, 4) is 0 Å². The second kappa shape index (κ2) is 4.04. The highest BCUT2D eigenvalue weighted by Gasteiger charge is 2.23. The van der Waals surface area contributed by atoms with Crippen LogP contribution in [0.3, 0.4) is 0 Å². The van der Waals surface area contributed by atoms with E-state index < -0.39 is 0 Å². The van der Waals surface area contributed by atoms with Gasteiger partial charge in [-0.1, -0.05) is 6.92 Å². The van der Waals surface area contributed by atoms with E-state index in [2.05, 4.69) is 28.7 Å². The molecule has 0 aromatic carbocycles. The monoisotopic (exact) mass is 206 g/mol. The van der Waals surface area contributed by atoms with Crippen LogP contribution in [0.5, 0.6) is 0 Å². The van der Waals surface area contributed by atoms with E-state index in [-0.39, 0.29) is 0 Å². The smallest absolute Gasteiger partial charge is 0.134 e. The second-order valence-electron chi connectivity index (χ2n) is 4.47. The molecule has 4 nitrogen and oxygen atoms in total. The van der Waals surface area contributed by atoms with Gasteiger partial charge in [0.15, 0.2) is 0 Å². The Bertz CT molecular complexity index is 339. The number of nitrogen functional groups attached to an aromatic ring is 1. The summed E-state index contributed by atoms with van der Waals surface area (Å²) < 4.78 is 0. The first kappa shape index (κ1) is 10.2. The molecule has 15 heavy (non-hydrogen) atoms. The van der Waals surface area contributed by atoms with E-state index in [1.165, 1.54) is 19.2 Å². The summed E-state index contributed by atoms with van der Waals surface area (Å²) >= 11 is 0. The summed E-state index contributed by atoms with van der Waals surface area (Å²) in [7, 11) is 0. The standard InChI is InChI=1S/C11H18N4/c1-8-3-4-15(9(2)5-8)11-6-10(12)13-7-14-11/h6-9H,3-5H2,1-2H3,(H2,12,13,14). The molecule has 2 heterocycles. The highest BCUT2D eigenvalue weighted by molar-refractivity contribution is 5.46. The summed E-state index contributed by atoms with van der Waals surface area (Å²) in [5, 5.41) is 0. The van der Waals surface area contributed by atoms with E-state index >= 15 is 0 Å². The first-order chi connectivity index (χ1) is 7.16. The zero-order valence-electron chi connectivity index (χ0n) is 9.35. The van der Waals surface area contributed by atoms with Gasteiger partial charge in [0.2, 0.25) is 0 Å². The molecule has 0 aliphatic carbocycles. The maximum absolute atomic E-state index is 5.66. The molecule has 0 spiro atoms. The minimum atomic E-state index is 0.544. The van der Waals surface area contributed by atoms with Crippen molar-refractivity contribution in [2.24, 2.45) is 5.92 Å². The number of nitrogens with two attached hydrogens (primary N) is 1. The Labute approximate surface area is 90.5 Å². The minimum Gasteiger partial charge on any atom is -0.384 e. The molecular weight excluding hydrogens is 188 g/mol. The molecule has 1 aliphatic heterocycles. The number of rotatable bonds is 1. The lowest BCUT2D eigenvalue weighted by molar-refractivity contribution is 0.376. The van der Waals surface area contributed by atoms with Gasteiger partial charge in [-0.25, -0.2) is 9.97 Å². The van der Waals surface area contributed by atoms with Gasteiger partial charge in [0.25, 0.3) is 0 Å². The normalized spacial score (nSPS) is 26.7. The Hall–Kier alpha value is -1.32. The van der Waals surface area contributed by atoms with Crippen molar-refractivity contribution in [1.29, 1.82) is 0 Å². The molecule has 2 N–H and O–H groups in total. The van der Waals surface area contributed by atoms with Crippen molar-refractivity contribution in [2.45, 2.75) is 32.7 Å². The van der Waals surface area contributed by atoms with E-state index in [4.69, 9.17) is 5.73 Å². The largest absolute Gasteiger partial charge is 0.384 e. The molecule has 0 amide bonds. The zero-order valence-corrected chi connectivity index (χ0v) is 9.35. The molecular formula is C11H18N4. The lowest BCUT2D eigenvalue weighted by Gasteiger charge is -2.37. The van der Waals surface area contributed by atoms with Gasteiger partial charge in [-0.05, 0) is 25.7 Å². The van der Waals surface area contributed by atoms with Crippen LogP contribution < -0.4 is 10.6 Å². The summed E-state index contributed by atoms with van der Waals surface area (Å²) in [5.41, 5.74) is 5.66. The summed E-state index contributed by atoms with van der Waals surface area (Å²) in [6, 6.07) is 2.40. The molecule has 2 atom stereocenters. The fourth-order valence-corrected chi connectivity index (χ4v) is 2.27. The zero-order chi connectivity index (χ0) is 10.8. The lowest BCUT2D eigenvalue weighted by atomic mass is 9.93. The van der Waals surface area contributed by atoms with Gasteiger partial charge < -0.3 is 10.6 Å². The van der Waals surface area contributed by atoms with Crippen molar-refractivity contribution < 1.29 is 0 Å². The average molecular weight is 206 g/mol. The van der Waals surface area contributed by atoms with Crippen LogP contribution in [-0.2, 0) is 0 Å². The van der Waals surface area contributed by atoms with Crippen LogP contribution in [0.1, 0.15) is 26.7 Å². The number of aromatic nitrogens is 2. The van der Waals surface area contributed by atoms with Gasteiger partial charge in [0.05, 0.1) is 0 Å². The quantitative estimate of drug-likeness (QED) is 0.759. The first-order valence-electron chi connectivity index (χ1n) is 5.51. The van der Waals surface area contributed by atoms with Gasteiger partial charge in [0, 0.05) is 18.7 Å². The van der Waals surface area contributed by atoms with E-state index in [0.29, 0.717) is 11.9 Å². The third kappa shape index (κ3) is 2.19. The van der Waals surface area contributed by atoms with Gasteiger partial charge in [-0.2, -0.15) is 0 Å². The molecule has 82 valence electrons. The molecule has 1 fully saturated rings. The van der Waals surface area contributed by atoms with Crippen molar-refractivity contribution in [2.75, 3.05) is 17.2 Å². The fraction of sp³-hybridized carbons (Fsp3) is 0.636. The molecule has 1 aromatic rings. The third-order valence-corrected chi connectivity index (χ3v) is 3.11. The molecule has 1 aromatic heterocycles. The molecule has 0 bridgehead atoms. The highest BCUT2D eigenvalue weighted by Crippen LogP contribution is 2.26. The minimum absolute atomic E-state index is 0.544. The Morgan fingerprint density at radius 1 is 1.40 bits per heavy atom. The van der Waals surface area contributed by atoms with Crippen LogP contribution in [-0.4, -0.2) is 22.6 Å². The average Bonchev–Trinajstić information content (AvgIpc) is 2.17. The molecule has 0 saturated carbocycles. The Morgan fingerprint density at radius 2 is 2.20 bits per heavy atom. The Balaban J connectivity index is 2.17. The fourth-order valence-electron chi connectivity index (χ4n) is 2.27. The van der Waals surface area contributed by atoms with E-state index in [0.717, 1.165) is 18.3 Å². The molecule has 4 heteroatoms. The first-order valence-corrected chi connectivity index (χ1v) is 5.51. The van der Waals surface area contributed by atoms with Crippen molar-refractivity contribution >= 4 is 11.6 Å². The highest BCUT2D eigenvalue weighted by atomic mass is 15.2. The van der Waals surface area contributed by atoms with Gasteiger partial charge in [0.1, 0.15) is 18.0 Å². The van der Waals surface area contributed by atoms with E-state index in [1.54, 1.807) is 0 Å². The van der Waals surface area contributed by atoms with Crippen LogP contribution >= 0.6 is 0 Å². The number of hydrogen-bond acceptors (Lipinski definition) is 4. The third-order valence-electron chi connectivity index (χ3n) is 3.11. The predicted molar refractivity (Wildman–Crippen MR) is 61.7 cm³/mol. The SMILES string of the molecule is CC1CCN(c2cc(N)ncn2)C(C)C1. The van der Waals surface area contributed by atoms with Crippen LogP contribution in [0.15, 0.2) is 12.4 Å². The van der Waals surface area contributed by atoms with Gasteiger partial charge >= 0.3 is 0 Å². The molecule has 2 rings (SSSR count). The topological polar surface area (TPSA) is 55.0 Å². The van der Waals surface area contributed by atoms with E-state index in [1.807, 2.05) is 6.07 Å². The van der Waals surface area contributed by atoms with Crippen molar-refractivity contribution in [3.05, 3.63) is 12.4 Å². The summed E-state index contributed by atoms with van der Waals surface area (Å²) in [6.45, 7) is 5.62. The number of anilines is 2. The molecule has 1 saturated heterocycles. The maximum Gasteiger partial charge on any atom is 0.134 e. The number of hydrogen-bond donors (Lipinski definition) is 1. The summed E-state index contributed by atoms with van der Waals surface area (Å²) in [4.78, 5) is 10.5. The summed E-state index contributed by atoms with van der Waals surface area (Å²) in [6.07, 6.45) is 3.99. The molecule has 1 aliphatic rings. The van der Waals surface area contributed by atoms with Crippen molar-refractivity contribution in [1.82, 2.24) is 9.97 Å². The van der Waals surface area contributed by atoms with Crippen LogP contribution in [0.2, 0.25) is 0 Å². The summed E-state index contributed by atoms with van der Waals surface area (Å²) in [5.74, 6) is 2.32. The lowest BCUT2D eigenvalue weighted by Crippen LogP contribution is -2.40. The predicted octanol–water partition coefficient (Wildman–Crippen LogP) is 1.68. The van der Waals surface area contributed by atoms with Crippen LogP contribution in [0, 0.1) is 5.92 Å². The van der Waals surface area contributed by atoms with Gasteiger partial charge in [-0.15, -0.1) is 0 Å². The van der Waals surface area contributed by atoms with Crippen LogP contribution in [0.4, 0.5) is 11.6 Å². The number of piperidine rings is 1. The van der Waals surface area contributed by atoms with E-state index in [9.17, 15) is 0 Å². The van der Waals surface area contributed by atoms with Gasteiger partial charge in [-0.3, -0.25) is 0 Å². The molecule has 0 radical (unpaired) electrons. The molecule has 2 unspecified atom stereocenters. The van der Waals surface area contributed by atoms with Crippen LogP contribution in [0.25, 0.3) is 0 Å². The van der Waals surface area contributed by atoms with Crippen molar-refractivity contribution in [3.63, 3.8) is 0 Å². The second-order valence-corrected chi connectivity index (χ2v) is 4.47. The Kier molecular flexibility index (Phi) is 2.75. The maximum atomic E-state index is 5.66. The number of nitrogens with zero attached hydrogens (tertiary/aromatic N) is 3.